The minimum absolute atomic E-state index is 0.0692. The summed E-state index contributed by atoms with van der Waals surface area (Å²) in [5.74, 6) is 0.972. The van der Waals surface area contributed by atoms with Gasteiger partial charge in [0.25, 0.3) is 0 Å². The number of anilines is 1. The van der Waals surface area contributed by atoms with E-state index in [1.807, 2.05) is 31.6 Å². The summed E-state index contributed by atoms with van der Waals surface area (Å²) in [7, 11) is 1.63. The summed E-state index contributed by atoms with van der Waals surface area (Å²) in [5, 5.41) is 11.0. The van der Waals surface area contributed by atoms with Crippen LogP contribution in [0, 0.1) is 6.92 Å². The fraction of sp³-hybridized carbons (Fsp3) is 0.625. The van der Waals surface area contributed by atoms with Crippen molar-refractivity contribution in [1.82, 2.24) is 24.8 Å². The van der Waals surface area contributed by atoms with E-state index in [2.05, 4.69) is 20.6 Å². The molecule has 1 saturated heterocycles. The fourth-order valence-corrected chi connectivity index (χ4v) is 2.82. The highest BCUT2D eigenvalue weighted by Gasteiger charge is 2.39. The van der Waals surface area contributed by atoms with E-state index < -0.39 is 0 Å². The lowest BCUT2D eigenvalue weighted by Crippen LogP contribution is -2.35. The number of nitrogens with one attached hydrogen (secondary N) is 1. The first kappa shape index (κ1) is 17.4. The molecule has 9 nitrogen and oxygen atoms in total. The smallest absolute Gasteiger partial charge is 0.322 e. The van der Waals surface area contributed by atoms with Crippen molar-refractivity contribution in [2.75, 3.05) is 19.0 Å². The summed E-state index contributed by atoms with van der Waals surface area (Å²) in [6.45, 7) is 8.35. The predicted molar refractivity (Wildman–Crippen MR) is 90.1 cm³/mol. The maximum Gasteiger partial charge on any atom is 0.322 e. The van der Waals surface area contributed by atoms with Crippen molar-refractivity contribution in [3.8, 4) is 0 Å². The molecule has 3 heterocycles. The highest BCUT2D eigenvalue weighted by molar-refractivity contribution is 5.89. The van der Waals surface area contributed by atoms with Gasteiger partial charge < -0.3 is 19.5 Å². The van der Waals surface area contributed by atoms with E-state index in [4.69, 9.17) is 9.26 Å². The summed E-state index contributed by atoms with van der Waals surface area (Å²) in [6.07, 6.45) is 4.00. The Morgan fingerprint density at radius 2 is 2.20 bits per heavy atom. The van der Waals surface area contributed by atoms with E-state index >= 15 is 0 Å². The van der Waals surface area contributed by atoms with Crippen molar-refractivity contribution in [2.45, 2.75) is 51.8 Å². The maximum absolute atomic E-state index is 12.8. The van der Waals surface area contributed by atoms with Crippen molar-refractivity contribution in [2.24, 2.45) is 0 Å². The van der Waals surface area contributed by atoms with Gasteiger partial charge in [0, 0.05) is 26.3 Å². The first-order valence-corrected chi connectivity index (χ1v) is 8.23. The Hall–Kier alpha value is -2.42. The Balaban J connectivity index is 1.76. The second-order valence-corrected chi connectivity index (χ2v) is 7.22. The van der Waals surface area contributed by atoms with Crippen LogP contribution in [-0.2, 0) is 10.3 Å². The van der Waals surface area contributed by atoms with Gasteiger partial charge in [-0.2, -0.15) is 10.1 Å². The molecule has 1 N–H and O–H groups in total. The number of methoxy groups -OCH3 is 1. The molecule has 2 atom stereocenters. The maximum atomic E-state index is 12.8. The van der Waals surface area contributed by atoms with Crippen LogP contribution in [0.2, 0.25) is 0 Å². The summed E-state index contributed by atoms with van der Waals surface area (Å²) >= 11 is 0. The minimum Gasteiger partial charge on any atom is -0.380 e. The monoisotopic (exact) mass is 348 g/mol. The number of carbonyl (C=O) groups is 1. The Labute approximate surface area is 146 Å². The van der Waals surface area contributed by atoms with Crippen molar-refractivity contribution < 1.29 is 14.1 Å². The van der Waals surface area contributed by atoms with E-state index in [0.29, 0.717) is 30.4 Å². The zero-order valence-electron chi connectivity index (χ0n) is 15.2. The van der Waals surface area contributed by atoms with Gasteiger partial charge in [-0.25, -0.2) is 4.79 Å². The lowest BCUT2D eigenvalue weighted by molar-refractivity contribution is 0.111. The van der Waals surface area contributed by atoms with Crippen molar-refractivity contribution >= 4 is 11.7 Å². The average Bonchev–Trinajstić information content (AvgIpc) is 3.24. The first-order valence-electron chi connectivity index (χ1n) is 8.23. The molecule has 25 heavy (non-hydrogen) atoms. The SMILES string of the molecule is CO[C@@H]1C[C@H](c2nc(C)no2)N(C(=O)Nc2cnn(C(C)(C)C)c2)C1. The molecule has 0 spiro atoms. The van der Waals surface area contributed by atoms with Crippen LogP contribution in [0.5, 0.6) is 0 Å². The molecule has 136 valence electrons. The van der Waals surface area contributed by atoms with Crippen LogP contribution < -0.4 is 5.32 Å². The molecule has 1 aliphatic rings. The number of aromatic nitrogens is 4. The minimum atomic E-state index is -0.302. The van der Waals surface area contributed by atoms with Crippen LogP contribution in [0.3, 0.4) is 0 Å². The number of urea groups is 1. The molecule has 0 bridgehead atoms. The second-order valence-electron chi connectivity index (χ2n) is 7.22. The highest BCUT2D eigenvalue weighted by atomic mass is 16.5. The van der Waals surface area contributed by atoms with Gasteiger partial charge in [-0.1, -0.05) is 5.16 Å². The third-order valence-electron chi connectivity index (χ3n) is 4.21. The van der Waals surface area contributed by atoms with Gasteiger partial charge in [0.15, 0.2) is 5.82 Å². The molecule has 9 heteroatoms. The molecule has 2 aromatic heterocycles. The second kappa shape index (κ2) is 6.47. The number of amides is 2. The standard InChI is InChI=1S/C16H24N6O3/c1-10-18-14(25-20-10)13-6-12(24-5)9-21(13)15(23)19-11-7-17-22(8-11)16(2,3)4/h7-8,12-13H,6,9H2,1-5H3,(H,19,23)/t12-,13-/m1/s1. The van der Waals surface area contributed by atoms with Gasteiger partial charge in [-0.15, -0.1) is 0 Å². The Kier molecular flexibility index (Phi) is 4.51. The molecule has 2 aromatic rings. The van der Waals surface area contributed by atoms with Gasteiger partial charge in [-0.3, -0.25) is 4.68 Å². The third-order valence-corrected chi connectivity index (χ3v) is 4.21. The number of likely N-dealkylation sites (tertiary alicyclic amines) is 1. The molecule has 2 amide bonds. The highest BCUT2D eigenvalue weighted by Crippen LogP contribution is 2.33. The molecule has 0 unspecified atom stereocenters. The van der Waals surface area contributed by atoms with Crippen LogP contribution >= 0.6 is 0 Å². The molecular formula is C16H24N6O3. The molecule has 0 aromatic carbocycles. The van der Waals surface area contributed by atoms with Crippen LogP contribution in [-0.4, -0.2) is 50.6 Å². The van der Waals surface area contributed by atoms with Crippen LogP contribution in [0.1, 0.15) is 44.9 Å². The van der Waals surface area contributed by atoms with E-state index in [1.54, 1.807) is 25.1 Å². The number of hydrogen-bond acceptors (Lipinski definition) is 6. The van der Waals surface area contributed by atoms with Gasteiger partial charge in [0.2, 0.25) is 5.89 Å². The number of aryl methyl sites for hydroxylation is 1. The van der Waals surface area contributed by atoms with E-state index in [-0.39, 0.29) is 23.7 Å². The number of nitrogens with zero attached hydrogens (tertiary/aromatic N) is 5. The first-order chi connectivity index (χ1) is 11.8. The fourth-order valence-electron chi connectivity index (χ4n) is 2.82. The predicted octanol–water partition coefficient (Wildman–Crippen LogP) is 2.32. The van der Waals surface area contributed by atoms with Crippen LogP contribution in [0.4, 0.5) is 10.5 Å². The zero-order valence-corrected chi connectivity index (χ0v) is 15.2. The molecule has 1 aliphatic heterocycles. The molecule has 3 rings (SSSR count). The van der Waals surface area contributed by atoms with E-state index in [0.717, 1.165) is 0 Å². The quantitative estimate of drug-likeness (QED) is 0.914. The summed E-state index contributed by atoms with van der Waals surface area (Å²) in [5.41, 5.74) is 0.489. The van der Waals surface area contributed by atoms with Crippen LogP contribution in [0.15, 0.2) is 16.9 Å². The Morgan fingerprint density at radius 3 is 2.76 bits per heavy atom. The topological polar surface area (TPSA) is 98.3 Å². The number of rotatable bonds is 3. The molecule has 1 fully saturated rings. The van der Waals surface area contributed by atoms with Crippen molar-refractivity contribution in [3.63, 3.8) is 0 Å². The lowest BCUT2D eigenvalue weighted by Gasteiger charge is -2.22. The van der Waals surface area contributed by atoms with Gasteiger partial charge in [0.1, 0.15) is 6.04 Å². The third kappa shape index (κ3) is 3.65. The molecule has 0 aliphatic carbocycles. The largest absolute Gasteiger partial charge is 0.380 e. The molecular weight excluding hydrogens is 324 g/mol. The molecule has 0 saturated carbocycles. The summed E-state index contributed by atoms with van der Waals surface area (Å²) in [6, 6.07) is -0.544. The zero-order chi connectivity index (χ0) is 18.2. The Morgan fingerprint density at radius 1 is 1.44 bits per heavy atom. The van der Waals surface area contributed by atoms with Crippen molar-refractivity contribution in [3.05, 3.63) is 24.1 Å². The van der Waals surface area contributed by atoms with Gasteiger partial charge in [0.05, 0.1) is 23.5 Å². The normalized spacial score (nSPS) is 20.9. The molecule has 0 radical (unpaired) electrons. The number of ether oxygens (including phenoxy) is 1. The Bertz CT molecular complexity index is 747. The van der Waals surface area contributed by atoms with Crippen molar-refractivity contribution in [1.29, 1.82) is 0 Å². The number of hydrogen-bond donors (Lipinski definition) is 1. The van der Waals surface area contributed by atoms with E-state index in [1.165, 1.54) is 0 Å². The van der Waals surface area contributed by atoms with Gasteiger partial charge in [-0.05, 0) is 27.7 Å². The lowest BCUT2D eigenvalue weighted by atomic mass is 10.1. The van der Waals surface area contributed by atoms with Crippen LogP contribution in [0.25, 0.3) is 0 Å². The number of carbonyl (C=O) groups excluding carboxylic acids is 1. The summed E-state index contributed by atoms with van der Waals surface area (Å²) < 4.78 is 12.5. The van der Waals surface area contributed by atoms with Gasteiger partial charge >= 0.3 is 6.03 Å². The summed E-state index contributed by atoms with van der Waals surface area (Å²) in [4.78, 5) is 18.7. The average molecular weight is 348 g/mol. The van der Waals surface area contributed by atoms with E-state index in [9.17, 15) is 4.79 Å².